The lowest BCUT2D eigenvalue weighted by atomic mass is 10.1. The predicted octanol–water partition coefficient (Wildman–Crippen LogP) is 4.70. The van der Waals surface area contributed by atoms with E-state index in [1.54, 1.807) is 36.4 Å². The van der Waals surface area contributed by atoms with Crippen molar-refractivity contribution in [3.05, 3.63) is 58.9 Å². The van der Waals surface area contributed by atoms with Crippen molar-refractivity contribution in [2.24, 2.45) is 0 Å². The Labute approximate surface area is 113 Å². The van der Waals surface area contributed by atoms with Gasteiger partial charge in [0.05, 0.1) is 5.02 Å². The zero-order valence-corrected chi connectivity index (χ0v) is 10.4. The van der Waals surface area contributed by atoms with Crippen LogP contribution in [-0.4, -0.2) is 6.29 Å². The van der Waals surface area contributed by atoms with E-state index >= 15 is 0 Å². The van der Waals surface area contributed by atoms with Gasteiger partial charge in [0, 0.05) is 16.5 Å². The van der Waals surface area contributed by atoms with Gasteiger partial charge in [-0.15, -0.1) is 0 Å². The number of furan rings is 1. The molecule has 0 bridgehead atoms. The summed E-state index contributed by atoms with van der Waals surface area (Å²) in [6, 6.07) is 11.4. The summed E-state index contributed by atoms with van der Waals surface area (Å²) in [4.78, 5) is 10.9. The van der Waals surface area contributed by atoms with Crippen LogP contribution < -0.4 is 0 Å². The number of benzene rings is 2. The van der Waals surface area contributed by atoms with Crippen LogP contribution in [0.5, 0.6) is 0 Å². The zero-order chi connectivity index (χ0) is 13.4. The van der Waals surface area contributed by atoms with Gasteiger partial charge in [-0.2, -0.15) is 0 Å². The van der Waals surface area contributed by atoms with E-state index < -0.39 is 5.82 Å². The van der Waals surface area contributed by atoms with E-state index in [2.05, 4.69) is 0 Å². The third-order valence-electron chi connectivity index (χ3n) is 2.90. The van der Waals surface area contributed by atoms with Gasteiger partial charge >= 0.3 is 0 Å². The van der Waals surface area contributed by atoms with Crippen molar-refractivity contribution in [1.29, 1.82) is 0 Å². The first-order chi connectivity index (χ1) is 9.19. The zero-order valence-electron chi connectivity index (χ0n) is 9.69. The second-order valence-electron chi connectivity index (χ2n) is 4.12. The fourth-order valence-electron chi connectivity index (χ4n) is 1.96. The Bertz CT molecular complexity index is 777. The number of fused-ring (bicyclic) bond motifs is 1. The van der Waals surface area contributed by atoms with Crippen LogP contribution in [0, 0.1) is 5.82 Å². The molecule has 1 heterocycles. The average Bonchev–Trinajstić information content (AvgIpc) is 2.85. The first-order valence-electron chi connectivity index (χ1n) is 5.62. The van der Waals surface area contributed by atoms with Crippen molar-refractivity contribution in [1.82, 2.24) is 0 Å². The molecule has 2 nitrogen and oxygen atoms in total. The van der Waals surface area contributed by atoms with Crippen LogP contribution in [0.15, 0.2) is 46.9 Å². The Morgan fingerprint density at radius 2 is 2.00 bits per heavy atom. The standard InChI is InChI=1S/C15H8ClFO2/c16-12-5-4-9(6-11(12)8-18)14-7-10-2-1-3-13(17)15(10)19-14/h1-8H. The van der Waals surface area contributed by atoms with Crippen LogP contribution >= 0.6 is 11.6 Å². The van der Waals surface area contributed by atoms with Crippen molar-refractivity contribution in [2.45, 2.75) is 0 Å². The van der Waals surface area contributed by atoms with E-state index in [1.165, 1.54) is 6.07 Å². The Morgan fingerprint density at radius 1 is 1.16 bits per heavy atom. The molecular weight excluding hydrogens is 267 g/mol. The number of halogens is 2. The number of rotatable bonds is 2. The number of para-hydroxylation sites is 1. The summed E-state index contributed by atoms with van der Waals surface area (Å²) >= 11 is 5.87. The molecule has 0 saturated carbocycles. The molecule has 0 radical (unpaired) electrons. The summed E-state index contributed by atoms with van der Waals surface area (Å²) in [7, 11) is 0. The minimum atomic E-state index is -0.409. The third kappa shape index (κ3) is 2.02. The number of hydrogen-bond acceptors (Lipinski definition) is 2. The highest BCUT2D eigenvalue weighted by Crippen LogP contribution is 2.30. The molecule has 0 fully saturated rings. The van der Waals surface area contributed by atoms with Crippen LogP contribution in [0.3, 0.4) is 0 Å². The highest BCUT2D eigenvalue weighted by Gasteiger charge is 2.11. The van der Waals surface area contributed by atoms with Crippen LogP contribution in [0.25, 0.3) is 22.3 Å². The molecule has 0 amide bonds. The largest absolute Gasteiger partial charge is 0.453 e. The van der Waals surface area contributed by atoms with E-state index in [1.807, 2.05) is 0 Å². The molecule has 0 atom stereocenters. The molecule has 19 heavy (non-hydrogen) atoms. The molecule has 1 aromatic heterocycles. The maximum Gasteiger partial charge on any atom is 0.170 e. The number of aldehydes is 1. The fourth-order valence-corrected chi connectivity index (χ4v) is 2.12. The maximum absolute atomic E-state index is 13.6. The smallest absolute Gasteiger partial charge is 0.170 e. The van der Waals surface area contributed by atoms with Crippen molar-refractivity contribution in [2.75, 3.05) is 0 Å². The van der Waals surface area contributed by atoms with E-state index in [4.69, 9.17) is 16.0 Å². The quantitative estimate of drug-likeness (QED) is 0.634. The van der Waals surface area contributed by atoms with Gasteiger partial charge in [-0.1, -0.05) is 23.7 Å². The van der Waals surface area contributed by atoms with Gasteiger partial charge in [0.25, 0.3) is 0 Å². The molecule has 4 heteroatoms. The molecule has 0 aliphatic heterocycles. The lowest BCUT2D eigenvalue weighted by Gasteiger charge is -1.99. The van der Waals surface area contributed by atoms with Gasteiger partial charge in [0.2, 0.25) is 0 Å². The highest BCUT2D eigenvalue weighted by atomic mass is 35.5. The van der Waals surface area contributed by atoms with Crippen molar-refractivity contribution >= 4 is 28.9 Å². The molecule has 0 aliphatic rings. The molecule has 0 unspecified atom stereocenters. The second kappa shape index (κ2) is 4.52. The topological polar surface area (TPSA) is 30.2 Å². The molecule has 2 aromatic carbocycles. The Kier molecular flexibility index (Phi) is 2.84. The van der Waals surface area contributed by atoms with E-state index in [0.717, 1.165) is 0 Å². The van der Waals surface area contributed by atoms with Crippen LogP contribution in [0.2, 0.25) is 5.02 Å². The third-order valence-corrected chi connectivity index (χ3v) is 3.25. The Hall–Kier alpha value is -2.13. The van der Waals surface area contributed by atoms with Gasteiger partial charge in [0.15, 0.2) is 17.7 Å². The normalized spacial score (nSPS) is 10.8. The summed E-state index contributed by atoms with van der Waals surface area (Å²) < 4.78 is 19.0. The number of hydrogen-bond donors (Lipinski definition) is 0. The van der Waals surface area contributed by atoms with E-state index in [9.17, 15) is 9.18 Å². The second-order valence-corrected chi connectivity index (χ2v) is 4.53. The summed E-state index contributed by atoms with van der Waals surface area (Å²) in [6.07, 6.45) is 0.676. The van der Waals surface area contributed by atoms with Crippen molar-refractivity contribution in [3.8, 4) is 11.3 Å². The average molecular weight is 275 g/mol. The van der Waals surface area contributed by atoms with Crippen LogP contribution in [0.1, 0.15) is 10.4 Å². The van der Waals surface area contributed by atoms with Crippen LogP contribution in [-0.2, 0) is 0 Å². The van der Waals surface area contributed by atoms with Gasteiger partial charge in [-0.25, -0.2) is 4.39 Å². The minimum Gasteiger partial charge on any atom is -0.453 e. The molecule has 0 spiro atoms. The van der Waals surface area contributed by atoms with Gasteiger partial charge in [0.1, 0.15) is 5.76 Å². The van der Waals surface area contributed by atoms with Crippen LogP contribution in [0.4, 0.5) is 4.39 Å². The van der Waals surface area contributed by atoms with Gasteiger partial charge in [-0.05, 0) is 30.3 Å². The minimum absolute atomic E-state index is 0.208. The van der Waals surface area contributed by atoms with Crippen molar-refractivity contribution < 1.29 is 13.6 Å². The monoisotopic (exact) mass is 274 g/mol. The summed E-state index contributed by atoms with van der Waals surface area (Å²) in [5.41, 5.74) is 1.27. The molecule has 0 aliphatic carbocycles. The number of carbonyl (C=O) groups excluding carboxylic acids is 1. The summed E-state index contributed by atoms with van der Waals surface area (Å²) in [5.74, 6) is 0.0909. The Balaban J connectivity index is 2.19. The lowest BCUT2D eigenvalue weighted by Crippen LogP contribution is -1.83. The summed E-state index contributed by atoms with van der Waals surface area (Å²) in [6.45, 7) is 0. The molecule has 0 saturated heterocycles. The first-order valence-corrected chi connectivity index (χ1v) is 6.00. The predicted molar refractivity (Wildman–Crippen MR) is 72.0 cm³/mol. The summed E-state index contributed by atoms with van der Waals surface area (Å²) in [5, 5.41) is 1.05. The van der Waals surface area contributed by atoms with Crippen molar-refractivity contribution in [3.63, 3.8) is 0 Å². The Morgan fingerprint density at radius 3 is 2.74 bits per heavy atom. The van der Waals surface area contributed by atoms with E-state index in [0.29, 0.717) is 33.6 Å². The highest BCUT2D eigenvalue weighted by molar-refractivity contribution is 6.33. The van der Waals surface area contributed by atoms with E-state index in [-0.39, 0.29) is 5.58 Å². The van der Waals surface area contributed by atoms with Gasteiger partial charge < -0.3 is 4.42 Å². The molecule has 3 rings (SSSR count). The lowest BCUT2D eigenvalue weighted by molar-refractivity contribution is 0.112. The molecule has 3 aromatic rings. The maximum atomic E-state index is 13.6. The van der Waals surface area contributed by atoms with Gasteiger partial charge in [-0.3, -0.25) is 4.79 Å². The fraction of sp³-hybridized carbons (Fsp3) is 0. The molecular formula is C15H8ClFO2. The number of carbonyl (C=O) groups is 1. The molecule has 0 N–H and O–H groups in total. The molecule has 94 valence electrons. The first kappa shape index (κ1) is 11.9. The SMILES string of the molecule is O=Cc1cc(-c2cc3cccc(F)c3o2)ccc1Cl.